The Morgan fingerprint density at radius 2 is 2.05 bits per heavy atom. The number of amides is 1. The third-order valence-electron chi connectivity index (χ3n) is 3.38. The van der Waals surface area contributed by atoms with Crippen LogP contribution in [0.25, 0.3) is 4.96 Å². The second kappa shape index (κ2) is 5.73. The van der Waals surface area contributed by atoms with Gasteiger partial charge in [-0.05, 0) is 26.0 Å². The first-order valence-electron chi connectivity index (χ1n) is 6.96. The molecule has 0 saturated heterocycles. The van der Waals surface area contributed by atoms with Crippen LogP contribution < -0.4 is 10.5 Å². The smallest absolute Gasteiger partial charge is 0.271 e. The summed E-state index contributed by atoms with van der Waals surface area (Å²) < 4.78 is 1.44. The highest BCUT2D eigenvalue weighted by molar-refractivity contribution is 7.16. The lowest BCUT2D eigenvalue weighted by Gasteiger charge is -2.20. The van der Waals surface area contributed by atoms with Gasteiger partial charge in [-0.3, -0.25) is 14.0 Å². The lowest BCUT2D eigenvalue weighted by Crippen LogP contribution is -2.35. The zero-order valence-corrected chi connectivity index (χ0v) is 13.1. The number of nitrogens with zero attached hydrogens (tertiary/aromatic N) is 3. The lowest BCUT2D eigenvalue weighted by molar-refractivity contribution is 0.0986. The highest BCUT2D eigenvalue weighted by Gasteiger charge is 2.20. The number of hydrogen-bond donors (Lipinski definition) is 0. The summed E-state index contributed by atoms with van der Waals surface area (Å²) in [6.45, 7) is 4.26. The molecule has 1 aromatic carbocycles. The van der Waals surface area contributed by atoms with E-state index in [1.807, 2.05) is 44.2 Å². The molecule has 0 N–H and O–H groups in total. The molecule has 0 atom stereocenters. The number of aryl methyl sites for hydroxylation is 1. The van der Waals surface area contributed by atoms with Crippen molar-refractivity contribution in [1.82, 2.24) is 9.38 Å². The quantitative estimate of drug-likeness (QED) is 0.747. The average molecular weight is 313 g/mol. The van der Waals surface area contributed by atoms with Gasteiger partial charge in [-0.15, -0.1) is 11.3 Å². The SMILES string of the molecule is CCN(C(=O)c1cnc2sc(C)cn2c1=O)c1ccccc1. The summed E-state index contributed by atoms with van der Waals surface area (Å²) in [6, 6.07) is 9.31. The summed E-state index contributed by atoms with van der Waals surface area (Å²) in [7, 11) is 0. The Morgan fingerprint density at radius 1 is 1.32 bits per heavy atom. The van der Waals surface area contributed by atoms with Crippen molar-refractivity contribution < 1.29 is 4.79 Å². The predicted octanol–water partition coefficient (Wildman–Crippen LogP) is 2.73. The van der Waals surface area contributed by atoms with Gasteiger partial charge in [0.25, 0.3) is 11.5 Å². The van der Waals surface area contributed by atoms with Crippen LogP contribution in [0, 0.1) is 6.92 Å². The van der Waals surface area contributed by atoms with Crippen LogP contribution >= 0.6 is 11.3 Å². The summed E-state index contributed by atoms with van der Waals surface area (Å²) in [6.07, 6.45) is 3.09. The van der Waals surface area contributed by atoms with Gasteiger partial charge >= 0.3 is 0 Å². The van der Waals surface area contributed by atoms with Crippen LogP contribution in [-0.2, 0) is 0 Å². The Labute approximate surface area is 131 Å². The van der Waals surface area contributed by atoms with E-state index in [0.29, 0.717) is 11.5 Å². The Hall–Kier alpha value is -2.47. The standard InChI is InChI=1S/C16H15N3O2S/c1-3-18(12-7-5-4-6-8-12)14(20)13-9-17-16-19(15(13)21)10-11(2)22-16/h4-10H,3H2,1-2H3. The highest BCUT2D eigenvalue weighted by atomic mass is 32.1. The van der Waals surface area contributed by atoms with E-state index >= 15 is 0 Å². The molecule has 0 spiro atoms. The predicted molar refractivity (Wildman–Crippen MR) is 87.9 cm³/mol. The first kappa shape index (κ1) is 14.5. The first-order valence-corrected chi connectivity index (χ1v) is 7.78. The van der Waals surface area contributed by atoms with Gasteiger partial charge in [0.15, 0.2) is 4.96 Å². The van der Waals surface area contributed by atoms with Gasteiger partial charge in [0.1, 0.15) is 5.56 Å². The maximum absolute atomic E-state index is 12.7. The molecule has 22 heavy (non-hydrogen) atoms. The van der Waals surface area contributed by atoms with Gasteiger partial charge < -0.3 is 4.90 Å². The van der Waals surface area contributed by atoms with Gasteiger partial charge in [-0.2, -0.15) is 0 Å². The first-order chi connectivity index (χ1) is 10.6. The van der Waals surface area contributed by atoms with E-state index in [1.54, 1.807) is 11.1 Å². The maximum atomic E-state index is 12.7. The van der Waals surface area contributed by atoms with E-state index in [-0.39, 0.29) is 17.0 Å². The number of carbonyl (C=O) groups is 1. The molecule has 0 fully saturated rings. The largest absolute Gasteiger partial charge is 0.308 e. The van der Waals surface area contributed by atoms with Gasteiger partial charge in [0.05, 0.1) is 0 Å². The van der Waals surface area contributed by atoms with Gasteiger partial charge in [-0.25, -0.2) is 4.98 Å². The van der Waals surface area contributed by atoms with Crippen LogP contribution in [0.4, 0.5) is 5.69 Å². The zero-order chi connectivity index (χ0) is 15.7. The number of fused-ring (bicyclic) bond motifs is 1. The van der Waals surface area contributed by atoms with Crippen molar-refractivity contribution in [1.29, 1.82) is 0 Å². The molecule has 6 heteroatoms. The maximum Gasteiger partial charge on any atom is 0.271 e. The average Bonchev–Trinajstić information content (AvgIpc) is 2.91. The van der Waals surface area contributed by atoms with Crippen LogP contribution in [0.3, 0.4) is 0 Å². The van der Waals surface area contributed by atoms with Crippen LogP contribution in [0.5, 0.6) is 0 Å². The van der Waals surface area contributed by atoms with Crippen LogP contribution in [0.1, 0.15) is 22.2 Å². The molecule has 2 heterocycles. The summed E-state index contributed by atoms with van der Waals surface area (Å²) >= 11 is 1.42. The lowest BCUT2D eigenvalue weighted by atomic mass is 10.2. The molecule has 0 saturated carbocycles. The normalized spacial score (nSPS) is 10.8. The molecule has 0 radical (unpaired) electrons. The minimum atomic E-state index is -0.329. The highest BCUT2D eigenvalue weighted by Crippen LogP contribution is 2.17. The number of thiazole rings is 1. The molecule has 3 rings (SSSR count). The monoisotopic (exact) mass is 313 g/mol. The van der Waals surface area contributed by atoms with Crippen molar-refractivity contribution in [2.45, 2.75) is 13.8 Å². The molecule has 3 aromatic rings. The molecule has 2 aromatic heterocycles. The van der Waals surface area contributed by atoms with E-state index in [0.717, 1.165) is 10.6 Å². The zero-order valence-electron chi connectivity index (χ0n) is 12.3. The molecular weight excluding hydrogens is 298 g/mol. The fourth-order valence-corrected chi connectivity index (χ4v) is 3.12. The van der Waals surface area contributed by atoms with E-state index in [2.05, 4.69) is 4.98 Å². The molecule has 0 aliphatic carbocycles. The van der Waals surface area contributed by atoms with Crippen molar-refractivity contribution in [3.63, 3.8) is 0 Å². The molecule has 0 bridgehead atoms. The number of rotatable bonds is 3. The van der Waals surface area contributed by atoms with Crippen molar-refractivity contribution in [3.8, 4) is 0 Å². The van der Waals surface area contributed by atoms with Crippen molar-refractivity contribution in [3.05, 3.63) is 63.5 Å². The topological polar surface area (TPSA) is 54.7 Å². The Bertz CT molecular complexity index is 883. The third-order valence-corrected chi connectivity index (χ3v) is 4.29. The van der Waals surface area contributed by atoms with Gasteiger partial charge in [-0.1, -0.05) is 18.2 Å². The Morgan fingerprint density at radius 3 is 2.73 bits per heavy atom. The summed E-state index contributed by atoms with van der Waals surface area (Å²) in [5.74, 6) is -0.329. The number of aromatic nitrogens is 2. The number of benzene rings is 1. The van der Waals surface area contributed by atoms with Crippen molar-refractivity contribution >= 4 is 27.9 Å². The molecular formula is C16H15N3O2S. The van der Waals surface area contributed by atoms with E-state index in [4.69, 9.17) is 0 Å². The molecule has 0 unspecified atom stereocenters. The van der Waals surface area contributed by atoms with Crippen LogP contribution in [0.15, 0.2) is 47.5 Å². The van der Waals surface area contributed by atoms with E-state index in [9.17, 15) is 9.59 Å². The number of para-hydroxylation sites is 1. The summed E-state index contributed by atoms with van der Waals surface area (Å²) in [4.78, 5) is 32.6. The molecule has 0 aliphatic rings. The Kier molecular flexibility index (Phi) is 3.77. The number of hydrogen-bond acceptors (Lipinski definition) is 4. The molecule has 5 nitrogen and oxygen atoms in total. The summed E-state index contributed by atoms with van der Waals surface area (Å²) in [5.41, 5.74) is 0.524. The Balaban J connectivity index is 2.08. The van der Waals surface area contributed by atoms with E-state index < -0.39 is 0 Å². The number of anilines is 1. The van der Waals surface area contributed by atoms with Crippen molar-refractivity contribution in [2.24, 2.45) is 0 Å². The molecule has 0 aliphatic heterocycles. The fourth-order valence-electron chi connectivity index (χ4n) is 2.34. The number of carbonyl (C=O) groups excluding carboxylic acids is 1. The minimum Gasteiger partial charge on any atom is -0.308 e. The summed E-state index contributed by atoms with van der Waals surface area (Å²) in [5, 5.41) is 0. The fraction of sp³-hybridized carbons (Fsp3) is 0.188. The van der Waals surface area contributed by atoms with Crippen molar-refractivity contribution in [2.75, 3.05) is 11.4 Å². The second-order valence-electron chi connectivity index (χ2n) is 4.86. The third kappa shape index (κ3) is 2.42. The van der Waals surface area contributed by atoms with Gasteiger partial charge in [0.2, 0.25) is 0 Å². The minimum absolute atomic E-state index is 0.0843. The second-order valence-corrected chi connectivity index (χ2v) is 6.07. The van der Waals surface area contributed by atoms with Gasteiger partial charge in [0, 0.05) is 29.5 Å². The van der Waals surface area contributed by atoms with Crippen LogP contribution in [0.2, 0.25) is 0 Å². The van der Waals surface area contributed by atoms with Crippen LogP contribution in [-0.4, -0.2) is 21.8 Å². The molecule has 1 amide bonds. The molecule has 112 valence electrons. The van der Waals surface area contributed by atoms with E-state index in [1.165, 1.54) is 21.9 Å².